The highest BCUT2D eigenvalue weighted by molar-refractivity contribution is 7.86. The van der Waals surface area contributed by atoms with Crippen LogP contribution in [0.15, 0.2) is 24.3 Å². The number of piperidine rings is 1. The van der Waals surface area contributed by atoms with Crippen LogP contribution in [0, 0.1) is 5.92 Å². The van der Waals surface area contributed by atoms with Crippen molar-refractivity contribution in [3.05, 3.63) is 24.3 Å². The smallest absolute Gasteiger partial charge is 0.281 e. The molecule has 2 aliphatic heterocycles. The minimum atomic E-state index is -3.55. The van der Waals surface area contributed by atoms with Gasteiger partial charge in [-0.1, -0.05) is 12.1 Å². The maximum Gasteiger partial charge on any atom is 0.281 e. The van der Waals surface area contributed by atoms with Gasteiger partial charge < -0.3 is 10.2 Å². The van der Waals surface area contributed by atoms with Gasteiger partial charge in [0.15, 0.2) is 0 Å². The predicted octanol–water partition coefficient (Wildman–Crippen LogP) is 0.490. The van der Waals surface area contributed by atoms with Gasteiger partial charge in [-0.15, -0.1) is 0 Å². The van der Waals surface area contributed by atoms with Gasteiger partial charge in [-0.05, 0) is 25.0 Å². The van der Waals surface area contributed by atoms with Crippen LogP contribution in [0.4, 0.5) is 11.4 Å². The minimum absolute atomic E-state index is 0.0488. The Labute approximate surface area is 147 Å². The van der Waals surface area contributed by atoms with E-state index in [1.165, 1.54) is 23.3 Å². The first kappa shape index (κ1) is 17.8. The van der Waals surface area contributed by atoms with E-state index in [1.54, 1.807) is 24.3 Å². The fourth-order valence-corrected chi connectivity index (χ4v) is 4.42. The molecule has 1 aromatic rings. The summed E-state index contributed by atoms with van der Waals surface area (Å²) in [6.07, 6.45) is 1.23. The van der Waals surface area contributed by atoms with Crippen LogP contribution in [0.3, 0.4) is 0 Å². The van der Waals surface area contributed by atoms with Crippen LogP contribution in [0.5, 0.6) is 0 Å². The zero-order chi connectivity index (χ0) is 18.2. The Bertz CT molecular complexity index is 793. The Hall–Kier alpha value is -1.97. The van der Waals surface area contributed by atoms with E-state index in [2.05, 4.69) is 5.32 Å². The maximum atomic E-state index is 13.0. The van der Waals surface area contributed by atoms with Gasteiger partial charge in [0, 0.05) is 27.2 Å². The van der Waals surface area contributed by atoms with Crippen molar-refractivity contribution in [3.8, 4) is 0 Å². The zero-order valence-corrected chi connectivity index (χ0v) is 15.1. The standard InChI is InChI=1S/C16H22N4O4S/c1-18(2)25(23,24)19-9-5-6-12(10-19)16(22)20-11-15(21)17-13-7-3-4-8-14(13)20/h3-4,7-8,12H,5-6,9-11H2,1-2H3,(H,17,21)/t12-/m0/s1. The van der Waals surface area contributed by atoms with E-state index in [0.29, 0.717) is 30.8 Å². The lowest BCUT2D eigenvalue weighted by molar-refractivity contribution is -0.125. The second-order valence-electron chi connectivity index (χ2n) is 6.48. The Balaban J connectivity index is 1.83. The van der Waals surface area contributed by atoms with E-state index in [1.807, 2.05) is 0 Å². The number of rotatable bonds is 3. The van der Waals surface area contributed by atoms with Crippen molar-refractivity contribution >= 4 is 33.4 Å². The van der Waals surface area contributed by atoms with Crippen LogP contribution in [0.2, 0.25) is 0 Å². The normalized spacial score (nSPS) is 21.8. The number of carbonyl (C=O) groups excluding carboxylic acids is 2. The maximum absolute atomic E-state index is 13.0. The molecule has 0 spiro atoms. The average Bonchev–Trinajstić information content (AvgIpc) is 2.60. The molecule has 8 nitrogen and oxygen atoms in total. The highest BCUT2D eigenvalue weighted by atomic mass is 32.2. The van der Waals surface area contributed by atoms with Gasteiger partial charge in [0.1, 0.15) is 6.54 Å². The van der Waals surface area contributed by atoms with E-state index in [4.69, 9.17) is 0 Å². The van der Waals surface area contributed by atoms with Crippen molar-refractivity contribution in [1.29, 1.82) is 0 Å². The van der Waals surface area contributed by atoms with Gasteiger partial charge in [0.25, 0.3) is 10.2 Å². The second-order valence-corrected chi connectivity index (χ2v) is 8.62. The van der Waals surface area contributed by atoms with E-state index in [-0.39, 0.29) is 24.9 Å². The summed E-state index contributed by atoms with van der Waals surface area (Å²) < 4.78 is 27.2. The molecule has 0 unspecified atom stereocenters. The first-order valence-corrected chi connectivity index (χ1v) is 9.58. The summed E-state index contributed by atoms with van der Waals surface area (Å²) >= 11 is 0. The lowest BCUT2D eigenvalue weighted by atomic mass is 9.97. The first-order valence-electron chi connectivity index (χ1n) is 8.18. The van der Waals surface area contributed by atoms with Crippen LogP contribution >= 0.6 is 0 Å². The van der Waals surface area contributed by atoms with Crippen LogP contribution in [-0.2, 0) is 19.8 Å². The summed E-state index contributed by atoms with van der Waals surface area (Å²) in [6, 6.07) is 7.12. The molecule has 2 amide bonds. The highest BCUT2D eigenvalue weighted by Gasteiger charge is 2.37. The summed E-state index contributed by atoms with van der Waals surface area (Å²) in [5.74, 6) is -0.913. The summed E-state index contributed by atoms with van der Waals surface area (Å²) in [5, 5.41) is 2.75. The molecule has 0 aliphatic carbocycles. The molecule has 2 heterocycles. The Morgan fingerprint density at radius 1 is 1.28 bits per heavy atom. The largest absolute Gasteiger partial charge is 0.323 e. The fourth-order valence-electron chi connectivity index (χ4n) is 3.23. The van der Waals surface area contributed by atoms with Gasteiger partial charge in [-0.25, -0.2) is 0 Å². The van der Waals surface area contributed by atoms with Crippen molar-refractivity contribution in [2.75, 3.05) is 43.9 Å². The Morgan fingerprint density at radius 3 is 2.72 bits per heavy atom. The van der Waals surface area contributed by atoms with Crippen molar-refractivity contribution < 1.29 is 18.0 Å². The van der Waals surface area contributed by atoms with Gasteiger partial charge in [-0.2, -0.15) is 17.0 Å². The van der Waals surface area contributed by atoms with Gasteiger partial charge in [-0.3, -0.25) is 9.59 Å². The molecule has 2 aliphatic rings. The van der Waals surface area contributed by atoms with E-state index in [0.717, 1.165) is 4.31 Å². The topological polar surface area (TPSA) is 90.0 Å². The second kappa shape index (κ2) is 6.74. The lowest BCUT2D eigenvalue weighted by Gasteiger charge is -2.36. The van der Waals surface area contributed by atoms with Gasteiger partial charge >= 0.3 is 0 Å². The van der Waals surface area contributed by atoms with E-state index >= 15 is 0 Å². The molecule has 0 aromatic heterocycles. The number of para-hydroxylation sites is 2. The molecule has 1 atom stereocenters. The number of fused-ring (bicyclic) bond motifs is 1. The molecule has 136 valence electrons. The molecule has 3 rings (SSSR count). The van der Waals surface area contributed by atoms with Crippen molar-refractivity contribution in [2.24, 2.45) is 5.92 Å². The summed E-state index contributed by atoms with van der Waals surface area (Å²) in [7, 11) is -0.595. The molecule has 1 fully saturated rings. The molecule has 25 heavy (non-hydrogen) atoms. The third-order valence-electron chi connectivity index (χ3n) is 4.56. The number of benzene rings is 1. The average molecular weight is 366 g/mol. The molecule has 0 bridgehead atoms. The summed E-state index contributed by atoms with van der Waals surface area (Å²) in [6.45, 7) is 0.494. The Morgan fingerprint density at radius 2 is 2.00 bits per heavy atom. The SMILES string of the molecule is CN(C)S(=O)(=O)N1CCC[C@H](C(=O)N2CC(=O)Nc3ccccc32)C1. The van der Waals surface area contributed by atoms with Crippen molar-refractivity contribution in [1.82, 2.24) is 8.61 Å². The van der Waals surface area contributed by atoms with E-state index < -0.39 is 16.1 Å². The molecular formula is C16H22N4O4S. The third-order valence-corrected chi connectivity index (χ3v) is 6.46. The minimum Gasteiger partial charge on any atom is -0.323 e. The van der Waals surface area contributed by atoms with Gasteiger partial charge in [0.2, 0.25) is 11.8 Å². The number of nitrogens with one attached hydrogen (secondary N) is 1. The summed E-state index contributed by atoms with van der Waals surface area (Å²) in [5.41, 5.74) is 1.25. The van der Waals surface area contributed by atoms with E-state index in [9.17, 15) is 18.0 Å². The predicted molar refractivity (Wildman–Crippen MR) is 94.3 cm³/mol. The number of hydrogen-bond acceptors (Lipinski definition) is 4. The number of amides is 2. The molecule has 1 saturated heterocycles. The van der Waals surface area contributed by atoms with Crippen LogP contribution in [0.25, 0.3) is 0 Å². The van der Waals surface area contributed by atoms with Crippen LogP contribution in [-0.4, -0.2) is 62.6 Å². The zero-order valence-electron chi connectivity index (χ0n) is 14.3. The van der Waals surface area contributed by atoms with Crippen LogP contribution < -0.4 is 10.2 Å². The van der Waals surface area contributed by atoms with Crippen molar-refractivity contribution in [2.45, 2.75) is 12.8 Å². The molecule has 9 heteroatoms. The monoisotopic (exact) mass is 366 g/mol. The lowest BCUT2D eigenvalue weighted by Crippen LogP contribution is -2.51. The Kier molecular flexibility index (Phi) is 4.81. The fraction of sp³-hybridized carbons (Fsp3) is 0.500. The molecule has 0 saturated carbocycles. The molecule has 0 radical (unpaired) electrons. The van der Waals surface area contributed by atoms with Crippen molar-refractivity contribution in [3.63, 3.8) is 0 Å². The number of hydrogen-bond donors (Lipinski definition) is 1. The first-order chi connectivity index (χ1) is 11.8. The third kappa shape index (κ3) is 3.39. The number of nitrogens with zero attached hydrogens (tertiary/aromatic N) is 3. The number of anilines is 2. The number of carbonyl (C=O) groups is 2. The molecular weight excluding hydrogens is 344 g/mol. The summed E-state index contributed by atoms with van der Waals surface area (Å²) in [4.78, 5) is 26.4. The van der Waals surface area contributed by atoms with Gasteiger partial charge in [0.05, 0.1) is 17.3 Å². The van der Waals surface area contributed by atoms with Crippen LogP contribution in [0.1, 0.15) is 12.8 Å². The molecule has 1 N–H and O–H groups in total. The highest BCUT2D eigenvalue weighted by Crippen LogP contribution is 2.31. The molecule has 1 aromatic carbocycles. The quantitative estimate of drug-likeness (QED) is 0.843.